The number of ether oxygens (including phenoxy) is 2. The summed E-state index contributed by atoms with van der Waals surface area (Å²) < 4.78 is 13.2. The average Bonchev–Trinajstić information content (AvgIpc) is 3.10. The Hall–Kier alpha value is -1.92. The third-order valence-electron chi connectivity index (χ3n) is 3.75. The van der Waals surface area contributed by atoms with E-state index in [1.807, 2.05) is 18.6 Å². The second-order valence-electron chi connectivity index (χ2n) is 5.07. The first-order valence-corrected chi connectivity index (χ1v) is 6.57. The summed E-state index contributed by atoms with van der Waals surface area (Å²) in [6, 6.07) is 3.73. The molecule has 0 saturated carbocycles. The Bertz CT molecular complexity index is 573. The van der Waals surface area contributed by atoms with Gasteiger partial charge in [0.05, 0.1) is 31.4 Å². The lowest BCUT2D eigenvalue weighted by molar-refractivity contribution is -0.0292. The quantitative estimate of drug-likeness (QED) is 0.910. The van der Waals surface area contributed by atoms with Gasteiger partial charge in [0, 0.05) is 31.9 Å². The van der Waals surface area contributed by atoms with E-state index in [0.29, 0.717) is 19.0 Å². The maximum absolute atomic E-state index is 5.67. The number of hydrogen-bond donors (Lipinski definition) is 1. The Labute approximate surface area is 117 Å². The molecule has 2 aromatic rings. The molecular formula is C14H18N4O2. The molecule has 0 amide bonds. The van der Waals surface area contributed by atoms with Gasteiger partial charge in [-0.25, -0.2) is 9.97 Å². The fourth-order valence-electron chi connectivity index (χ4n) is 2.49. The molecule has 1 unspecified atom stereocenters. The van der Waals surface area contributed by atoms with E-state index in [1.165, 1.54) is 0 Å². The molecule has 6 nitrogen and oxygen atoms in total. The molecule has 106 valence electrons. The number of aromatic nitrogens is 3. The SMILES string of the molecule is COC1(Cn2cncc2-c2ccc(N)nc2)CCOC1. The van der Waals surface area contributed by atoms with Crippen molar-refractivity contribution in [2.75, 3.05) is 26.1 Å². The van der Waals surface area contributed by atoms with Crippen molar-refractivity contribution in [2.24, 2.45) is 0 Å². The number of nitrogens with two attached hydrogens (primary N) is 1. The van der Waals surface area contributed by atoms with Gasteiger partial charge < -0.3 is 19.8 Å². The normalized spacial score (nSPS) is 22.2. The van der Waals surface area contributed by atoms with E-state index < -0.39 is 0 Å². The number of anilines is 1. The molecule has 3 rings (SSSR count). The summed E-state index contributed by atoms with van der Waals surface area (Å²) in [6.07, 6.45) is 6.28. The van der Waals surface area contributed by atoms with Crippen molar-refractivity contribution < 1.29 is 9.47 Å². The summed E-state index contributed by atoms with van der Waals surface area (Å²) >= 11 is 0. The second-order valence-corrected chi connectivity index (χ2v) is 5.07. The number of hydrogen-bond acceptors (Lipinski definition) is 5. The molecule has 0 aromatic carbocycles. The zero-order valence-corrected chi connectivity index (χ0v) is 11.5. The number of methoxy groups -OCH3 is 1. The minimum absolute atomic E-state index is 0.267. The largest absolute Gasteiger partial charge is 0.384 e. The third kappa shape index (κ3) is 2.39. The second kappa shape index (κ2) is 5.22. The molecule has 6 heteroatoms. The van der Waals surface area contributed by atoms with E-state index in [4.69, 9.17) is 15.2 Å². The van der Waals surface area contributed by atoms with E-state index in [0.717, 1.165) is 24.3 Å². The summed E-state index contributed by atoms with van der Waals surface area (Å²) in [5.74, 6) is 0.511. The Kier molecular flexibility index (Phi) is 3.42. The molecular weight excluding hydrogens is 256 g/mol. The fraction of sp³-hybridized carbons (Fsp3) is 0.429. The van der Waals surface area contributed by atoms with Gasteiger partial charge in [0.25, 0.3) is 0 Å². The minimum atomic E-state index is -0.267. The van der Waals surface area contributed by atoms with Gasteiger partial charge >= 0.3 is 0 Å². The zero-order valence-electron chi connectivity index (χ0n) is 11.5. The van der Waals surface area contributed by atoms with Gasteiger partial charge in [0.1, 0.15) is 11.4 Å². The highest BCUT2D eigenvalue weighted by molar-refractivity contribution is 5.59. The van der Waals surface area contributed by atoms with Crippen LogP contribution in [0.5, 0.6) is 0 Å². The summed E-state index contributed by atoms with van der Waals surface area (Å²) in [7, 11) is 1.73. The minimum Gasteiger partial charge on any atom is -0.384 e. The van der Waals surface area contributed by atoms with E-state index in [2.05, 4.69) is 14.5 Å². The first-order valence-electron chi connectivity index (χ1n) is 6.57. The molecule has 0 spiro atoms. The van der Waals surface area contributed by atoms with Crippen molar-refractivity contribution in [3.63, 3.8) is 0 Å². The van der Waals surface area contributed by atoms with Crippen molar-refractivity contribution in [2.45, 2.75) is 18.6 Å². The van der Waals surface area contributed by atoms with Crippen LogP contribution in [0.1, 0.15) is 6.42 Å². The van der Waals surface area contributed by atoms with Gasteiger partial charge in [-0.3, -0.25) is 0 Å². The first-order chi connectivity index (χ1) is 9.72. The van der Waals surface area contributed by atoms with Crippen molar-refractivity contribution in [3.05, 3.63) is 30.9 Å². The molecule has 1 saturated heterocycles. The van der Waals surface area contributed by atoms with Gasteiger partial charge in [-0.2, -0.15) is 0 Å². The molecule has 2 N–H and O–H groups in total. The topological polar surface area (TPSA) is 75.2 Å². The van der Waals surface area contributed by atoms with Crippen LogP contribution in [-0.4, -0.2) is 40.5 Å². The predicted octanol–water partition coefficient (Wildman–Crippen LogP) is 1.33. The molecule has 20 heavy (non-hydrogen) atoms. The van der Waals surface area contributed by atoms with E-state index in [9.17, 15) is 0 Å². The van der Waals surface area contributed by atoms with Crippen molar-refractivity contribution in [3.8, 4) is 11.3 Å². The molecule has 3 heterocycles. The average molecular weight is 274 g/mol. The summed E-state index contributed by atoms with van der Waals surface area (Å²) in [5.41, 5.74) is 7.34. The maximum atomic E-state index is 5.67. The van der Waals surface area contributed by atoms with Crippen LogP contribution in [0.15, 0.2) is 30.9 Å². The highest BCUT2D eigenvalue weighted by atomic mass is 16.5. The molecule has 0 aliphatic carbocycles. The van der Waals surface area contributed by atoms with Crippen LogP contribution in [0.4, 0.5) is 5.82 Å². The van der Waals surface area contributed by atoms with E-state index in [1.54, 1.807) is 19.4 Å². The lowest BCUT2D eigenvalue weighted by Gasteiger charge is -2.27. The van der Waals surface area contributed by atoms with Crippen LogP contribution in [-0.2, 0) is 16.0 Å². The van der Waals surface area contributed by atoms with Crippen LogP contribution in [0, 0.1) is 0 Å². The Morgan fingerprint density at radius 1 is 1.45 bits per heavy atom. The highest BCUT2D eigenvalue weighted by Crippen LogP contribution is 2.27. The van der Waals surface area contributed by atoms with Gasteiger partial charge in [0.15, 0.2) is 0 Å². The van der Waals surface area contributed by atoms with Gasteiger partial charge in [-0.1, -0.05) is 0 Å². The lowest BCUT2D eigenvalue weighted by Crippen LogP contribution is -2.37. The van der Waals surface area contributed by atoms with Crippen LogP contribution in [0.25, 0.3) is 11.3 Å². The zero-order chi connectivity index (χ0) is 14.0. The van der Waals surface area contributed by atoms with E-state index >= 15 is 0 Å². The standard InChI is InChI=1S/C14H18N4O2/c1-19-14(4-5-20-9-14)8-18-10-16-7-12(18)11-2-3-13(15)17-6-11/h2-3,6-7,10H,4-5,8-9H2,1H3,(H2,15,17). The Balaban J connectivity index is 1.88. The number of imidazole rings is 1. The predicted molar refractivity (Wildman–Crippen MR) is 75.0 cm³/mol. The van der Waals surface area contributed by atoms with Crippen LogP contribution in [0.2, 0.25) is 0 Å². The van der Waals surface area contributed by atoms with Crippen molar-refractivity contribution >= 4 is 5.82 Å². The highest BCUT2D eigenvalue weighted by Gasteiger charge is 2.35. The summed E-state index contributed by atoms with van der Waals surface area (Å²) in [4.78, 5) is 8.36. The van der Waals surface area contributed by atoms with Gasteiger partial charge in [0.2, 0.25) is 0 Å². The lowest BCUT2D eigenvalue weighted by atomic mass is 10.0. The fourth-order valence-corrected chi connectivity index (χ4v) is 2.49. The van der Waals surface area contributed by atoms with Crippen LogP contribution >= 0.6 is 0 Å². The number of pyridine rings is 1. The van der Waals surface area contributed by atoms with Crippen LogP contribution in [0.3, 0.4) is 0 Å². The summed E-state index contributed by atoms with van der Waals surface area (Å²) in [5, 5.41) is 0. The van der Waals surface area contributed by atoms with E-state index in [-0.39, 0.29) is 5.60 Å². The van der Waals surface area contributed by atoms with Crippen molar-refractivity contribution in [1.29, 1.82) is 0 Å². The molecule has 1 aliphatic rings. The Morgan fingerprint density at radius 3 is 3.00 bits per heavy atom. The van der Waals surface area contributed by atoms with Crippen molar-refractivity contribution in [1.82, 2.24) is 14.5 Å². The number of nitrogen functional groups attached to an aromatic ring is 1. The molecule has 1 atom stereocenters. The summed E-state index contributed by atoms with van der Waals surface area (Å²) in [6.45, 7) is 2.06. The molecule has 1 aliphatic heterocycles. The first kappa shape index (κ1) is 13.1. The number of nitrogens with zero attached hydrogens (tertiary/aromatic N) is 3. The molecule has 0 radical (unpaired) electrons. The molecule has 0 bridgehead atoms. The van der Waals surface area contributed by atoms with Crippen LogP contribution < -0.4 is 5.73 Å². The molecule has 2 aromatic heterocycles. The molecule has 1 fully saturated rings. The van der Waals surface area contributed by atoms with Gasteiger partial charge in [-0.15, -0.1) is 0 Å². The monoisotopic (exact) mass is 274 g/mol. The Morgan fingerprint density at radius 2 is 2.35 bits per heavy atom. The number of rotatable bonds is 4. The smallest absolute Gasteiger partial charge is 0.123 e. The maximum Gasteiger partial charge on any atom is 0.123 e. The van der Waals surface area contributed by atoms with Gasteiger partial charge in [-0.05, 0) is 12.1 Å². The third-order valence-corrected chi connectivity index (χ3v) is 3.75.